The van der Waals surface area contributed by atoms with Crippen LogP contribution in [0.5, 0.6) is 5.75 Å². The maximum Gasteiger partial charge on any atom is 0.323 e. The molecular weight excluding hydrogens is 313 g/mol. The van der Waals surface area contributed by atoms with E-state index < -0.39 is 6.03 Å². The van der Waals surface area contributed by atoms with Gasteiger partial charge in [0.25, 0.3) is 0 Å². The Morgan fingerprint density at radius 1 is 1.14 bits per heavy atom. The third-order valence-electron chi connectivity index (χ3n) is 2.66. The van der Waals surface area contributed by atoms with E-state index in [2.05, 4.69) is 10.6 Å². The number of ether oxygens (including phenoxy) is 1. The highest BCUT2D eigenvalue weighted by Crippen LogP contribution is 2.27. The lowest BCUT2D eigenvalue weighted by molar-refractivity contribution is 0.262. The lowest BCUT2D eigenvalue weighted by atomic mass is 10.2. The number of amides is 2. The van der Waals surface area contributed by atoms with Crippen molar-refractivity contribution in [3.63, 3.8) is 0 Å². The number of nitrogens with one attached hydrogen (secondary N) is 2. The Kier molecular flexibility index (Phi) is 4.77. The quantitative estimate of drug-likeness (QED) is 0.739. The van der Waals surface area contributed by atoms with E-state index >= 15 is 0 Å². The normalized spacial score (nSPS) is 10.0. The zero-order valence-electron chi connectivity index (χ0n) is 11.1. The molecule has 21 heavy (non-hydrogen) atoms. The molecule has 0 radical (unpaired) electrons. The molecule has 0 saturated heterocycles. The smallest absolute Gasteiger partial charge is 0.323 e. The van der Waals surface area contributed by atoms with Crippen molar-refractivity contribution in [2.24, 2.45) is 0 Å². The first-order chi connectivity index (χ1) is 9.99. The van der Waals surface area contributed by atoms with Crippen molar-refractivity contribution in [3.8, 4) is 5.75 Å². The minimum atomic E-state index is -0.455. The molecular formula is C14H13Cl2N3O2. The third kappa shape index (κ3) is 3.93. The maximum atomic E-state index is 11.9. The summed E-state index contributed by atoms with van der Waals surface area (Å²) in [6, 6.07) is 9.28. The average molecular weight is 326 g/mol. The Morgan fingerprint density at radius 3 is 2.57 bits per heavy atom. The molecule has 0 aromatic heterocycles. The number of hydrogen-bond donors (Lipinski definition) is 3. The van der Waals surface area contributed by atoms with Crippen LogP contribution in [0.15, 0.2) is 36.4 Å². The highest BCUT2D eigenvalue weighted by molar-refractivity contribution is 6.35. The SMILES string of the molecule is COc1ccc(NC(=O)Nc2cc(Cl)ccc2Cl)cc1N. The van der Waals surface area contributed by atoms with Crippen LogP contribution in [0.1, 0.15) is 0 Å². The van der Waals surface area contributed by atoms with Gasteiger partial charge in [0.2, 0.25) is 0 Å². The summed E-state index contributed by atoms with van der Waals surface area (Å²) in [5.41, 5.74) is 7.15. The van der Waals surface area contributed by atoms with Crippen LogP contribution in [0, 0.1) is 0 Å². The van der Waals surface area contributed by atoms with Crippen LogP contribution in [0.2, 0.25) is 10.0 Å². The summed E-state index contributed by atoms with van der Waals surface area (Å²) < 4.78 is 5.04. The Bertz CT molecular complexity index is 677. The van der Waals surface area contributed by atoms with Crippen molar-refractivity contribution < 1.29 is 9.53 Å². The molecule has 0 spiro atoms. The van der Waals surface area contributed by atoms with Crippen molar-refractivity contribution >= 4 is 46.3 Å². The number of urea groups is 1. The van der Waals surface area contributed by atoms with E-state index in [0.717, 1.165) is 0 Å². The van der Waals surface area contributed by atoms with Gasteiger partial charge in [-0.05, 0) is 36.4 Å². The molecule has 2 amide bonds. The Labute approximate surface area is 132 Å². The van der Waals surface area contributed by atoms with Gasteiger partial charge in [-0.25, -0.2) is 4.79 Å². The number of rotatable bonds is 3. The van der Waals surface area contributed by atoms with Gasteiger partial charge in [0, 0.05) is 10.7 Å². The molecule has 2 rings (SSSR count). The lowest BCUT2D eigenvalue weighted by Crippen LogP contribution is -2.19. The van der Waals surface area contributed by atoms with Crippen LogP contribution in [0.25, 0.3) is 0 Å². The number of nitrogen functional groups attached to an aromatic ring is 1. The molecule has 5 nitrogen and oxygen atoms in total. The van der Waals surface area contributed by atoms with Crippen molar-refractivity contribution in [1.82, 2.24) is 0 Å². The van der Waals surface area contributed by atoms with Crippen LogP contribution >= 0.6 is 23.2 Å². The topological polar surface area (TPSA) is 76.4 Å². The van der Waals surface area contributed by atoms with Crippen molar-refractivity contribution in [2.45, 2.75) is 0 Å². The predicted molar refractivity (Wildman–Crippen MR) is 86.5 cm³/mol. The van der Waals surface area contributed by atoms with Crippen LogP contribution in [-0.2, 0) is 0 Å². The largest absolute Gasteiger partial charge is 0.495 e. The summed E-state index contributed by atoms with van der Waals surface area (Å²) in [5, 5.41) is 6.12. The zero-order chi connectivity index (χ0) is 15.4. The molecule has 0 aliphatic carbocycles. The molecule has 0 heterocycles. The number of carbonyl (C=O) groups is 1. The highest BCUT2D eigenvalue weighted by atomic mass is 35.5. The second-order valence-electron chi connectivity index (χ2n) is 4.16. The number of hydrogen-bond acceptors (Lipinski definition) is 3. The Balaban J connectivity index is 2.08. The van der Waals surface area contributed by atoms with Gasteiger partial charge in [-0.3, -0.25) is 0 Å². The second kappa shape index (κ2) is 6.56. The van der Waals surface area contributed by atoms with E-state index in [1.54, 1.807) is 36.4 Å². The number of nitrogens with two attached hydrogens (primary N) is 1. The molecule has 0 unspecified atom stereocenters. The van der Waals surface area contributed by atoms with Crippen LogP contribution in [0.3, 0.4) is 0 Å². The third-order valence-corrected chi connectivity index (χ3v) is 3.23. The molecule has 110 valence electrons. The molecule has 4 N–H and O–H groups in total. The summed E-state index contributed by atoms with van der Waals surface area (Å²) in [5.74, 6) is 0.541. The molecule has 0 atom stereocenters. The summed E-state index contributed by atoms with van der Waals surface area (Å²) >= 11 is 11.8. The summed E-state index contributed by atoms with van der Waals surface area (Å²) in [4.78, 5) is 11.9. The van der Waals surface area contributed by atoms with Gasteiger partial charge in [-0.15, -0.1) is 0 Å². The molecule has 2 aromatic rings. The number of carbonyl (C=O) groups excluding carboxylic acids is 1. The fraction of sp³-hybridized carbons (Fsp3) is 0.0714. The van der Waals surface area contributed by atoms with Gasteiger partial charge in [0.05, 0.1) is 23.5 Å². The summed E-state index contributed by atoms with van der Waals surface area (Å²) in [6.45, 7) is 0. The first-order valence-corrected chi connectivity index (χ1v) is 6.72. The maximum absolute atomic E-state index is 11.9. The molecule has 2 aromatic carbocycles. The minimum absolute atomic E-state index is 0.392. The zero-order valence-corrected chi connectivity index (χ0v) is 12.6. The highest BCUT2D eigenvalue weighted by Gasteiger charge is 2.08. The molecule has 0 bridgehead atoms. The van der Waals surface area contributed by atoms with Crippen molar-refractivity contribution in [2.75, 3.05) is 23.5 Å². The van der Waals surface area contributed by atoms with E-state index in [9.17, 15) is 4.79 Å². The van der Waals surface area contributed by atoms with E-state index in [1.807, 2.05) is 0 Å². The molecule has 0 fully saturated rings. The van der Waals surface area contributed by atoms with Gasteiger partial charge in [-0.1, -0.05) is 23.2 Å². The van der Waals surface area contributed by atoms with Crippen molar-refractivity contribution in [1.29, 1.82) is 0 Å². The monoisotopic (exact) mass is 325 g/mol. The number of benzene rings is 2. The van der Waals surface area contributed by atoms with Crippen LogP contribution < -0.4 is 21.1 Å². The van der Waals surface area contributed by atoms with Crippen molar-refractivity contribution in [3.05, 3.63) is 46.4 Å². The first-order valence-electron chi connectivity index (χ1n) is 5.96. The van der Waals surface area contributed by atoms with E-state index in [0.29, 0.717) is 32.9 Å². The fourth-order valence-corrected chi connectivity index (χ4v) is 2.03. The van der Waals surface area contributed by atoms with E-state index in [-0.39, 0.29) is 0 Å². The number of methoxy groups -OCH3 is 1. The molecule has 7 heteroatoms. The number of halogens is 2. The summed E-state index contributed by atoms with van der Waals surface area (Å²) in [7, 11) is 1.52. The van der Waals surface area contributed by atoms with Gasteiger partial charge in [0.15, 0.2) is 0 Å². The van der Waals surface area contributed by atoms with Gasteiger partial charge in [-0.2, -0.15) is 0 Å². The first kappa shape index (κ1) is 15.3. The number of anilines is 3. The van der Waals surface area contributed by atoms with Gasteiger partial charge < -0.3 is 21.1 Å². The lowest BCUT2D eigenvalue weighted by Gasteiger charge is -2.11. The minimum Gasteiger partial charge on any atom is -0.495 e. The molecule has 0 aliphatic rings. The Hall–Kier alpha value is -2.11. The van der Waals surface area contributed by atoms with Crippen LogP contribution in [-0.4, -0.2) is 13.1 Å². The predicted octanol–water partition coefficient (Wildman–Crippen LogP) is 4.23. The molecule has 0 aliphatic heterocycles. The molecule has 0 saturated carbocycles. The standard InChI is InChI=1S/C14H13Cl2N3O2/c1-21-13-5-3-9(7-11(13)17)18-14(20)19-12-6-8(15)2-4-10(12)16/h2-7H,17H2,1H3,(H2,18,19,20). The van der Waals surface area contributed by atoms with Gasteiger partial charge in [0.1, 0.15) is 5.75 Å². The fourth-order valence-electron chi connectivity index (χ4n) is 1.69. The second-order valence-corrected chi connectivity index (χ2v) is 5.00. The summed E-state index contributed by atoms with van der Waals surface area (Å²) in [6.07, 6.45) is 0. The average Bonchev–Trinajstić information content (AvgIpc) is 2.43. The van der Waals surface area contributed by atoms with Crippen LogP contribution in [0.4, 0.5) is 21.9 Å². The Morgan fingerprint density at radius 2 is 1.90 bits per heavy atom. The van der Waals surface area contributed by atoms with E-state index in [1.165, 1.54) is 7.11 Å². The van der Waals surface area contributed by atoms with E-state index in [4.69, 9.17) is 33.7 Å². The van der Waals surface area contributed by atoms with Gasteiger partial charge >= 0.3 is 6.03 Å².